The summed E-state index contributed by atoms with van der Waals surface area (Å²) < 4.78 is 39.5. The van der Waals surface area contributed by atoms with Crippen LogP contribution in [0.15, 0.2) is 36.5 Å². The van der Waals surface area contributed by atoms with E-state index in [0.717, 1.165) is 24.8 Å². The maximum Gasteiger partial charge on any atom is 0.418 e. The van der Waals surface area contributed by atoms with Crippen LogP contribution >= 0.6 is 0 Å². The monoisotopic (exact) mass is 377 g/mol. The van der Waals surface area contributed by atoms with E-state index in [1.165, 1.54) is 12.3 Å². The summed E-state index contributed by atoms with van der Waals surface area (Å²) in [4.78, 5) is 9.92. The highest BCUT2D eigenvalue weighted by Crippen LogP contribution is 2.36. The third-order valence-electron chi connectivity index (χ3n) is 4.18. The number of benzene rings is 1. The van der Waals surface area contributed by atoms with Crippen LogP contribution in [0.25, 0.3) is 22.9 Å². The van der Waals surface area contributed by atoms with E-state index in [-0.39, 0.29) is 23.1 Å². The van der Waals surface area contributed by atoms with Gasteiger partial charge in [-0.15, -0.1) is 0 Å². The first-order chi connectivity index (χ1) is 12.8. The van der Waals surface area contributed by atoms with E-state index < -0.39 is 11.7 Å². The number of aromatic amines is 1. The molecule has 2 N–H and O–H groups in total. The molecule has 142 valence electrons. The Morgan fingerprint density at radius 3 is 2.52 bits per heavy atom. The Kier molecular flexibility index (Phi) is 5.02. The second-order valence-electron chi connectivity index (χ2n) is 5.78. The Morgan fingerprint density at radius 2 is 1.89 bits per heavy atom. The minimum atomic E-state index is -4.57. The van der Waals surface area contributed by atoms with Crippen molar-refractivity contribution in [2.24, 2.45) is 0 Å². The summed E-state index contributed by atoms with van der Waals surface area (Å²) in [6.07, 6.45) is -3.32. The molecule has 1 aromatic carbocycles. The van der Waals surface area contributed by atoms with Crippen molar-refractivity contribution < 1.29 is 18.3 Å². The van der Waals surface area contributed by atoms with Crippen LogP contribution in [-0.4, -0.2) is 38.4 Å². The minimum absolute atomic E-state index is 0.0424. The molecule has 0 bridgehead atoms. The number of aromatic nitrogens is 4. The van der Waals surface area contributed by atoms with Crippen LogP contribution in [0.4, 0.5) is 18.9 Å². The molecule has 0 spiro atoms. The Hall–Kier alpha value is -3.10. The number of halogens is 3. The molecule has 0 fully saturated rings. The summed E-state index contributed by atoms with van der Waals surface area (Å²) >= 11 is 0. The fraction of sp³-hybridized carbons (Fsp3) is 0.278. The van der Waals surface area contributed by atoms with E-state index >= 15 is 0 Å². The minimum Gasteiger partial charge on any atom is -0.507 e. The molecule has 0 saturated carbocycles. The summed E-state index contributed by atoms with van der Waals surface area (Å²) in [7, 11) is 0. The molecular weight excluding hydrogens is 359 g/mol. The van der Waals surface area contributed by atoms with Gasteiger partial charge in [0, 0.05) is 31.0 Å². The zero-order valence-electron chi connectivity index (χ0n) is 14.7. The van der Waals surface area contributed by atoms with Crippen molar-refractivity contribution in [1.29, 1.82) is 0 Å². The van der Waals surface area contributed by atoms with Gasteiger partial charge in [0.25, 0.3) is 0 Å². The van der Waals surface area contributed by atoms with Crippen molar-refractivity contribution >= 4 is 5.69 Å². The first kappa shape index (κ1) is 18.7. The van der Waals surface area contributed by atoms with E-state index in [2.05, 4.69) is 25.1 Å². The van der Waals surface area contributed by atoms with E-state index in [9.17, 15) is 18.3 Å². The number of phenolic OH excluding ortho intramolecular Hbond substituents is 1. The highest BCUT2D eigenvalue weighted by molar-refractivity contribution is 5.70. The number of anilines is 1. The van der Waals surface area contributed by atoms with Gasteiger partial charge in [0.15, 0.2) is 5.82 Å². The zero-order chi connectivity index (χ0) is 19.6. The fourth-order valence-corrected chi connectivity index (χ4v) is 2.81. The fourth-order valence-electron chi connectivity index (χ4n) is 2.81. The molecular formula is C18H18F3N5O. The topological polar surface area (TPSA) is 77.9 Å². The van der Waals surface area contributed by atoms with Crippen LogP contribution in [0.2, 0.25) is 0 Å². The Morgan fingerprint density at radius 1 is 1.15 bits per heavy atom. The second-order valence-corrected chi connectivity index (χ2v) is 5.78. The smallest absolute Gasteiger partial charge is 0.418 e. The van der Waals surface area contributed by atoms with Gasteiger partial charge in [0.1, 0.15) is 11.4 Å². The normalized spacial score (nSPS) is 11.6. The molecule has 3 rings (SSSR count). The first-order valence-electron chi connectivity index (χ1n) is 8.38. The number of hydrogen-bond acceptors (Lipinski definition) is 5. The highest BCUT2D eigenvalue weighted by atomic mass is 19.4. The molecule has 9 heteroatoms. The molecule has 6 nitrogen and oxygen atoms in total. The average molecular weight is 377 g/mol. The van der Waals surface area contributed by atoms with Crippen LogP contribution in [0.3, 0.4) is 0 Å². The average Bonchev–Trinajstić information content (AvgIpc) is 3.12. The molecule has 0 unspecified atom stereocenters. The van der Waals surface area contributed by atoms with Gasteiger partial charge in [-0.2, -0.15) is 18.3 Å². The quantitative estimate of drug-likeness (QED) is 0.700. The number of alkyl halides is 3. The van der Waals surface area contributed by atoms with Crippen molar-refractivity contribution in [2.75, 3.05) is 18.0 Å². The molecule has 0 aliphatic rings. The number of hydrogen-bond donors (Lipinski definition) is 2. The SMILES string of the molecule is CCN(CC)c1ccc(-c2nc(-c3ncccc3C(F)(F)F)n[nH]2)c(O)c1. The van der Waals surface area contributed by atoms with Gasteiger partial charge < -0.3 is 10.0 Å². The standard InChI is InChI=1S/C18H18F3N5O/c1-3-26(4-2)11-7-8-12(14(27)10-11)16-23-17(25-24-16)15-13(18(19,20)21)6-5-9-22-15/h5-10,27H,3-4H2,1-2H3,(H,23,24,25). The van der Waals surface area contributed by atoms with Crippen LogP contribution in [0, 0.1) is 0 Å². The third kappa shape index (κ3) is 3.71. The van der Waals surface area contributed by atoms with E-state index in [0.29, 0.717) is 5.56 Å². The van der Waals surface area contributed by atoms with Gasteiger partial charge in [-0.25, -0.2) is 4.98 Å². The number of H-pyrrole nitrogens is 1. The van der Waals surface area contributed by atoms with Gasteiger partial charge >= 0.3 is 6.18 Å². The van der Waals surface area contributed by atoms with Crippen LogP contribution in [0.1, 0.15) is 19.4 Å². The molecule has 0 saturated heterocycles. The molecule has 3 aromatic rings. The lowest BCUT2D eigenvalue weighted by atomic mass is 10.1. The number of pyridine rings is 1. The molecule has 27 heavy (non-hydrogen) atoms. The van der Waals surface area contributed by atoms with Gasteiger partial charge in [0.05, 0.1) is 11.1 Å². The summed E-state index contributed by atoms with van der Waals surface area (Å²) in [5.41, 5.74) is -0.109. The number of nitrogens with one attached hydrogen (secondary N) is 1. The molecule has 2 heterocycles. The molecule has 2 aromatic heterocycles. The van der Waals surface area contributed by atoms with Gasteiger partial charge in [0.2, 0.25) is 5.82 Å². The lowest BCUT2D eigenvalue weighted by Gasteiger charge is -2.21. The zero-order valence-corrected chi connectivity index (χ0v) is 14.7. The molecule has 0 aliphatic carbocycles. The van der Waals surface area contributed by atoms with Crippen molar-refractivity contribution in [1.82, 2.24) is 20.2 Å². The molecule has 0 radical (unpaired) electrons. The summed E-state index contributed by atoms with van der Waals surface area (Å²) in [5.74, 6) is -0.0725. The maximum atomic E-state index is 13.2. The predicted molar refractivity (Wildman–Crippen MR) is 95.3 cm³/mol. The molecule has 0 aliphatic heterocycles. The highest BCUT2D eigenvalue weighted by Gasteiger charge is 2.35. The maximum absolute atomic E-state index is 13.2. The van der Waals surface area contributed by atoms with Crippen molar-refractivity contribution in [3.8, 4) is 28.7 Å². The summed E-state index contributed by atoms with van der Waals surface area (Å²) in [5, 5.41) is 16.8. The van der Waals surface area contributed by atoms with Gasteiger partial charge in [-0.3, -0.25) is 10.1 Å². The number of nitrogens with zero attached hydrogens (tertiary/aromatic N) is 4. The summed E-state index contributed by atoms with van der Waals surface area (Å²) in [6, 6.07) is 7.18. The Bertz CT molecular complexity index is 935. The van der Waals surface area contributed by atoms with Crippen LogP contribution < -0.4 is 4.90 Å². The van der Waals surface area contributed by atoms with Crippen molar-refractivity contribution in [2.45, 2.75) is 20.0 Å². The third-order valence-corrected chi connectivity index (χ3v) is 4.18. The summed E-state index contributed by atoms with van der Waals surface area (Å²) in [6.45, 7) is 5.56. The van der Waals surface area contributed by atoms with Gasteiger partial charge in [-0.1, -0.05) is 0 Å². The Labute approximate surface area is 153 Å². The lowest BCUT2D eigenvalue weighted by molar-refractivity contribution is -0.137. The number of aromatic hydroxyl groups is 1. The van der Waals surface area contributed by atoms with Gasteiger partial charge in [-0.05, 0) is 38.1 Å². The van der Waals surface area contributed by atoms with Crippen molar-refractivity contribution in [3.05, 3.63) is 42.1 Å². The van der Waals surface area contributed by atoms with Crippen LogP contribution in [0.5, 0.6) is 5.75 Å². The van der Waals surface area contributed by atoms with Crippen LogP contribution in [-0.2, 0) is 6.18 Å². The Balaban J connectivity index is 1.98. The lowest BCUT2D eigenvalue weighted by Crippen LogP contribution is -2.21. The number of rotatable bonds is 5. The van der Waals surface area contributed by atoms with Crippen molar-refractivity contribution in [3.63, 3.8) is 0 Å². The second kappa shape index (κ2) is 7.26. The first-order valence-corrected chi connectivity index (χ1v) is 8.38. The largest absolute Gasteiger partial charge is 0.507 e. The predicted octanol–water partition coefficient (Wildman–Crippen LogP) is 4.10. The molecule has 0 atom stereocenters. The molecule has 0 amide bonds. The van der Waals surface area contributed by atoms with E-state index in [1.807, 2.05) is 19.9 Å². The van der Waals surface area contributed by atoms with E-state index in [1.54, 1.807) is 12.1 Å². The van der Waals surface area contributed by atoms with E-state index in [4.69, 9.17) is 0 Å². The number of phenols is 1.